The summed E-state index contributed by atoms with van der Waals surface area (Å²) in [4.78, 5) is 45.9. The number of nitrogens with zero attached hydrogens (tertiary/aromatic N) is 1. The number of rotatable bonds is 12. The Balaban J connectivity index is 0.00000143. The largest absolute Gasteiger partial charge is 0.490 e. The summed E-state index contributed by atoms with van der Waals surface area (Å²) in [6, 6.07) is -1.64. The predicted molar refractivity (Wildman–Crippen MR) is 120 cm³/mol. The molecule has 3 atom stereocenters. The molecule has 5 N–H and O–H groups in total. The Morgan fingerprint density at radius 2 is 1.54 bits per heavy atom. The van der Waals surface area contributed by atoms with E-state index in [0.717, 1.165) is 19.3 Å². The molecule has 0 aromatic carbocycles. The molecule has 0 aliphatic carbocycles. The predicted octanol–water partition coefficient (Wildman–Crippen LogP) is 2.42. The summed E-state index contributed by atoms with van der Waals surface area (Å²) in [5, 5.41) is 18.9. The van der Waals surface area contributed by atoms with Gasteiger partial charge in [-0.3, -0.25) is 9.59 Å². The lowest BCUT2D eigenvalue weighted by atomic mass is 9.97. The second-order valence-corrected chi connectivity index (χ2v) is 8.22. The van der Waals surface area contributed by atoms with Gasteiger partial charge in [-0.15, -0.1) is 0 Å². The minimum absolute atomic E-state index is 0.361. The van der Waals surface area contributed by atoms with E-state index in [1.165, 1.54) is 50.0 Å². The van der Waals surface area contributed by atoms with E-state index in [0.29, 0.717) is 6.54 Å². The van der Waals surface area contributed by atoms with Crippen LogP contribution in [0.25, 0.3) is 0 Å². The molecule has 0 aromatic rings. The van der Waals surface area contributed by atoms with E-state index >= 15 is 0 Å². The van der Waals surface area contributed by atoms with Gasteiger partial charge < -0.3 is 30.9 Å². The van der Waals surface area contributed by atoms with E-state index in [4.69, 9.17) is 20.4 Å². The summed E-state index contributed by atoms with van der Waals surface area (Å²) in [6.07, 6.45) is 4.25. The zero-order valence-electron chi connectivity index (χ0n) is 20.3. The smallest absolute Gasteiger partial charge is 0.475 e. The van der Waals surface area contributed by atoms with Crippen molar-refractivity contribution in [2.24, 2.45) is 5.73 Å². The van der Waals surface area contributed by atoms with Gasteiger partial charge in [-0.1, -0.05) is 51.9 Å². The Morgan fingerprint density at radius 3 is 1.97 bits per heavy atom. The number of carbonyl (C=O) groups is 4. The van der Waals surface area contributed by atoms with E-state index in [9.17, 15) is 32.7 Å². The van der Waals surface area contributed by atoms with E-state index in [2.05, 4.69) is 12.2 Å². The minimum atomic E-state index is -5.08. The molecule has 1 rings (SSSR count). The van der Waals surface area contributed by atoms with Crippen LogP contribution in [0.1, 0.15) is 65.2 Å². The van der Waals surface area contributed by atoms with Gasteiger partial charge in [-0.2, -0.15) is 13.2 Å². The molecule has 1 aliphatic heterocycles. The van der Waals surface area contributed by atoms with Crippen LogP contribution in [0, 0.1) is 0 Å². The van der Waals surface area contributed by atoms with Crippen molar-refractivity contribution >= 4 is 23.8 Å². The van der Waals surface area contributed by atoms with Crippen LogP contribution in [0.5, 0.6) is 0 Å². The molecule has 0 radical (unpaired) electrons. The van der Waals surface area contributed by atoms with Gasteiger partial charge in [0.05, 0.1) is 12.1 Å². The molecule has 0 fully saturated rings. The lowest BCUT2D eigenvalue weighted by molar-refractivity contribution is -0.192. The van der Waals surface area contributed by atoms with Crippen LogP contribution in [0.3, 0.4) is 0 Å². The van der Waals surface area contributed by atoms with Crippen molar-refractivity contribution in [3.8, 4) is 0 Å². The number of carboxylic acid groups (broad SMARTS) is 2. The molecule has 0 bridgehead atoms. The summed E-state index contributed by atoms with van der Waals surface area (Å²) in [5.74, 6) is -5.16. The normalized spacial score (nSPS) is 19.4. The number of aliphatic carboxylic acids is 2. The molecule has 13 heteroatoms. The van der Waals surface area contributed by atoms with Gasteiger partial charge in [0.15, 0.2) is 6.10 Å². The monoisotopic (exact) mass is 511 g/mol. The summed E-state index contributed by atoms with van der Waals surface area (Å²) < 4.78 is 37.1. The summed E-state index contributed by atoms with van der Waals surface area (Å²) in [7, 11) is 1.65. The fourth-order valence-corrected chi connectivity index (χ4v) is 3.27. The molecule has 2 amide bonds. The molecule has 10 nitrogen and oxygen atoms in total. The zero-order chi connectivity index (χ0) is 27.2. The number of carboxylic acids is 2. The first-order valence-electron chi connectivity index (χ1n) is 11.4. The van der Waals surface area contributed by atoms with E-state index in [-0.39, 0.29) is 17.6 Å². The van der Waals surface area contributed by atoms with E-state index < -0.39 is 36.3 Å². The second kappa shape index (κ2) is 16.0. The molecule has 1 aliphatic rings. The Labute approximate surface area is 202 Å². The fourth-order valence-electron chi connectivity index (χ4n) is 3.27. The molecule has 0 unspecified atom stereocenters. The first-order valence-corrected chi connectivity index (χ1v) is 11.4. The van der Waals surface area contributed by atoms with Crippen molar-refractivity contribution in [1.29, 1.82) is 0 Å². The summed E-state index contributed by atoms with van der Waals surface area (Å²) in [6.45, 7) is 4.05. The Bertz CT molecular complexity index is 744. The third kappa shape index (κ3) is 13.0. The van der Waals surface area contributed by atoms with Crippen molar-refractivity contribution in [3.05, 3.63) is 11.8 Å². The van der Waals surface area contributed by atoms with Gasteiger partial charge in [0.1, 0.15) is 0 Å². The third-order valence-electron chi connectivity index (χ3n) is 5.13. The van der Waals surface area contributed by atoms with Gasteiger partial charge in [-0.05, 0) is 12.5 Å². The van der Waals surface area contributed by atoms with Gasteiger partial charge in [0.25, 0.3) is 5.91 Å². The molecule has 0 aromatic heterocycles. The van der Waals surface area contributed by atoms with Crippen LogP contribution < -0.4 is 11.1 Å². The number of nitrogens with one attached hydrogen (secondary N) is 1. The van der Waals surface area contributed by atoms with Crippen molar-refractivity contribution in [1.82, 2.24) is 10.2 Å². The Morgan fingerprint density at radius 1 is 1.06 bits per heavy atom. The average molecular weight is 512 g/mol. The van der Waals surface area contributed by atoms with Crippen LogP contribution in [0.15, 0.2) is 11.8 Å². The number of hydrogen-bond donors (Lipinski definition) is 4. The van der Waals surface area contributed by atoms with Gasteiger partial charge in [0.2, 0.25) is 11.7 Å². The van der Waals surface area contributed by atoms with Crippen LogP contribution in [-0.2, 0) is 23.9 Å². The first kappa shape index (κ1) is 32.2. The molecular formula is C22H36F3N3O7. The van der Waals surface area contributed by atoms with E-state index in [1.807, 2.05) is 0 Å². The highest BCUT2D eigenvalue weighted by molar-refractivity contribution is 5.88. The maximum atomic E-state index is 12.8. The number of carbonyl (C=O) groups excluding carboxylic acids is 2. The maximum Gasteiger partial charge on any atom is 0.490 e. The molecule has 0 saturated carbocycles. The number of halogens is 3. The van der Waals surface area contributed by atoms with Crippen LogP contribution in [0.4, 0.5) is 13.2 Å². The second-order valence-electron chi connectivity index (χ2n) is 8.22. The number of nitrogens with two attached hydrogens (primary N) is 1. The molecule has 202 valence electrons. The lowest BCUT2D eigenvalue weighted by Crippen LogP contribution is -2.61. The highest BCUT2D eigenvalue weighted by Gasteiger charge is 2.41. The maximum absolute atomic E-state index is 12.8. The quantitative estimate of drug-likeness (QED) is 0.291. The Kier molecular flexibility index (Phi) is 14.7. The highest BCUT2D eigenvalue weighted by atomic mass is 19.4. The first-order chi connectivity index (χ1) is 16.2. The lowest BCUT2D eigenvalue weighted by Gasteiger charge is -2.36. The fraction of sp³-hybridized carbons (Fsp3) is 0.727. The van der Waals surface area contributed by atoms with Gasteiger partial charge >= 0.3 is 18.1 Å². The number of alkyl halides is 3. The van der Waals surface area contributed by atoms with Gasteiger partial charge in [-0.25, -0.2) is 9.59 Å². The van der Waals surface area contributed by atoms with Crippen molar-refractivity contribution in [2.75, 3.05) is 13.6 Å². The standard InChI is InChI=1S/C20H35N3O5.C2HF3O2/c1-4-5-6-7-8-9-10-11-12-23(3)19(25)18-17(22-14(2)24)15(21)13-16(28-18)20(26)27;3-2(4,5)1(6)7/h13,15,17-18H,4-12,21H2,1-3H3,(H,22,24)(H,26,27);(H,6,7)/t15-,17+,18+;/m0./s1. The minimum Gasteiger partial charge on any atom is -0.475 e. The van der Waals surface area contributed by atoms with Crippen molar-refractivity contribution < 1.29 is 47.3 Å². The van der Waals surface area contributed by atoms with Crippen LogP contribution in [0.2, 0.25) is 0 Å². The number of amides is 2. The topological polar surface area (TPSA) is 159 Å². The Hall–Kier alpha value is -2.83. The molecule has 1 heterocycles. The van der Waals surface area contributed by atoms with Crippen molar-refractivity contribution in [3.63, 3.8) is 0 Å². The molecule has 35 heavy (non-hydrogen) atoms. The number of unbranched alkanes of at least 4 members (excludes halogenated alkanes) is 7. The average Bonchev–Trinajstić information content (AvgIpc) is 2.75. The van der Waals surface area contributed by atoms with Crippen LogP contribution in [-0.4, -0.2) is 76.8 Å². The van der Waals surface area contributed by atoms with Gasteiger partial charge in [0, 0.05) is 20.5 Å². The van der Waals surface area contributed by atoms with Crippen LogP contribution >= 0.6 is 0 Å². The van der Waals surface area contributed by atoms with E-state index in [1.54, 1.807) is 7.05 Å². The number of ether oxygens (including phenoxy) is 1. The number of hydrogen-bond acceptors (Lipinski definition) is 6. The zero-order valence-corrected chi connectivity index (χ0v) is 20.3. The summed E-state index contributed by atoms with van der Waals surface area (Å²) >= 11 is 0. The van der Waals surface area contributed by atoms with Crippen molar-refractivity contribution in [2.45, 2.75) is 89.6 Å². The highest BCUT2D eigenvalue weighted by Crippen LogP contribution is 2.20. The summed E-state index contributed by atoms with van der Waals surface area (Å²) in [5.41, 5.74) is 5.97. The number of likely N-dealkylation sites (N-methyl/N-ethyl adjacent to an activating group) is 1. The molecule has 0 spiro atoms. The molecular weight excluding hydrogens is 475 g/mol. The molecule has 0 saturated heterocycles. The SMILES string of the molecule is CCCCCCCCCCN(C)C(=O)[C@@H]1OC(C(=O)O)=C[C@H](N)[C@H]1NC(C)=O.O=C(O)C(F)(F)F. The third-order valence-corrected chi connectivity index (χ3v) is 5.13.